The molecular formula is C27H20Cl2N2O4. The molecule has 0 heterocycles. The fraction of sp³-hybridized carbons (Fsp3) is 0.0741. The van der Waals surface area contributed by atoms with Crippen LogP contribution in [0.25, 0.3) is 10.8 Å². The monoisotopic (exact) mass is 506 g/mol. The molecule has 1 unspecified atom stereocenters. The summed E-state index contributed by atoms with van der Waals surface area (Å²) in [6.07, 6.45) is 0.559. The predicted octanol–water partition coefficient (Wildman–Crippen LogP) is 6.28. The van der Waals surface area contributed by atoms with E-state index < -0.39 is 18.0 Å². The van der Waals surface area contributed by atoms with Gasteiger partial charge in [-0.1, -0.05) is 71.7 Å². The summed E-state index contributed by atoms with van der Waals surface area (Å²) in [5, 5.41) is 6.57. The van der Waals surface area contributed by atoms with Gasteiger partial charge in [0.25, 0.3) is 5.91 Å². The van der Waals surface area contributed by atoms with Gasteiger partial charge in [0.05, 0.1) is 16.8 Å². The molecule has 0 spiro atoms. The fourth-order valence-corrected chi connectivity index (χ4v) is 3.75. The summed E-state index contributed by atoms with van der Waals surface area (Å²) in [7, 11) is 0. The highest BCUT2D eigenvalue weighted by Crippen LogP contribution is 2.29. The Labute approximate surface area is 212 Å². The van der Waals surface area contributed by atoms with Crippen LogP contribution in [0.5, 0.6) is 11.5 Å². The molecule has 0 radical (unpaired) electrons. The number of benzene rings is 4. The fourth-order valence-electron chi connectivity index (χ4n) is 3.30. The van der Waals surface area contributed by atoms with Crippen LogP contribution in [-0.4, -0.2) is 24.2 Å². The highest BCUT2D eigenvalue weighted by molar-refractivity contribution is 6.35. The standard InChI is InChI=1S/C27H20Cl2N2O4/c1-17(34-25-14-12-20(28)15-23(25)29)26(32)31-30-16-22-21-10-6-5-7-18(21)11-13-24(22)35-27(33)19-8-3-2-4-9-19/h2-17H,1H3,(H,31,32)/b30-16+. The van der Waals surface area contributed by atoms with E-state index in [0.717, 1.165) is 10.8 Å². The second-order valence-corrected chi connectivity index (χ2v) is 8.37. The first-order chi connectivity index (χ1) is 16.9. The molecule has 6 nitrogen and oxygen atoms in total. The highest BCUT2D eigenvalue weighted by Gasteiger charge is 2.17. The molecule has 1 N–H and O–H groups in total. The van der Waals surface area contributed by atoms with Crippen molar-refractivity contribution in [1.29, 1.82) is 0 Å². The van der Waals surface area contributed by atoms with Crippen molar-refractivity contribution in [3.8, 4) is 11.5 Å². The van der Waals surface area contributed by atoms with E-state index in [4.69, 9.17) is 32.7 Å². The molecular weight excluding hydrogens is 487 g/mol. The Bertz CT molecular complexity index is 1410. The lowest BCUT2D eigenvalue weighted by Crippen LogP contribution is -2.33. The van der Waals surface area contributed by atoms with Crippen LogP contribution in [0.3, 0.4) is 0 Å². The Morgan fingerprint density at radius 3 is 2.40 bits per heavy atom. The second-order valence-electron chi connectivity index (χ2n) is 7.52. The second kappa shape index (κ2) is 11.0. The molecule has 4 rings (SSSR count). The van der Waals surface area contributed by atoms with Crippen LogP contribution in [0.4, 0.5) is 0 Å². The number of nitrogens with zero attached hydrogens (tertiary/aromatic N) is 1. The SMILES string of the molecule is CC(Oc1ccc(Cl)cc1Cl)C(=O)N/N=C/c1c(OC(=O)c2ccccc2)ccc2ccccc12. The molecule has 1 atom stereocenters. The minimum absolute atomic E-state index is 0.293. The Balaban J connectivity index is 1.53. The summed E-state index contributed by atoms with van der Waals surface area (Å²) in [5.74, 6) is -0.351. The van der Waals surface area contributed by atoms with E-state index in [1.807, 2.05) is 36.4 Å². The number of carbonyl (C=O) groups excluding carboxylic acids is 2. The molecule has 0 aliphatic rings. The molecule has 0 saturated carbocycles. The van der Waals surface area contributed by atoms with Crippen molar-refractivity contribution in [2.24, 2.45) is 5.10 Å². The first-order valence-electron chi connectivity index (χ1n) is 10.7. The molecule has 8 heteroatoms. The van der Waals surface area contributed by atoms with Gasteiger partial charge in [0.1, 0.15) is 11.5 Å². The zero-order chi connectivity index (χ0) is 24.8. The maximum atomic E-state index is 12.6. The zero-order valence-corrected chi connectivity index (χ0v) is 20.1. The van der Waals surface area contributed by atoms with Gasteiger partial charge in [0.15, 0.2) is 6.10 Å². The van der Waals surface area contributed by atoms with E-state index in [1.54, 1.807) is 49.4 Å². The lowest BCUT2D eigenvalue weighted by atomic mass is 10.0. The summed E-state index contributed by atoms with van der Waals surface area (Å²) < 4.78 is 11.3. The smallest absolute Gasteiger partial charge is 0.343 e. The maximum absolute atomic E-state index is 12.6. The number of rotatable bonds is 7. The van der Waals surface area contributed by atoms with Crippen molar-refractivity contribution in [1.82, 2.24) is 5.43 Å². The van der Waals surface area contributed by atoms with Gasteiger partial charge in [-0.25, -0.2) is 10.2 Å². The molecule has 0 aliphatic carbocycles. The van der Waals surface area contributed by atoms with Crippen molar-refractivity contribution in [3.63, 3.8) is 0 Å². The number of halogens is 2. The van der Waals surface area contributed by atoms with Crippen LogP contribution in [0.15, 0.2) is 90.0 Å². The lowest BCUT2D eigenvalue weighted by molar-refractivity contribution is -0.127. The number of amides is 1. The van der Waals surface area contributed by atoms with Gasteiger partial charge in [-0.3, -0.25) is 4.79 Å². The molecule has 1 amide bonds. The van der Waals surface area contributed by atoms with Crippen LogP contribution in [-0.2, 0) is 4.79 Å². The largest absolute Gasteiger partial charge is 0.479 e. The van der Waals surface area contributed by atoms with E-state index in [1.165, 1.54) is 12.3 Å². The molecule has 0 fully saturated rings. The average molecular weight is 507 g/mol. The number of fused-ring (bicyclic) bond motifs is 1. The van der Waals surface area contributed by atoms with Crippen molar-refractivity contribution in [3.05, 3.63) is 106 Å². The Hall–Kier alpha value is -3.87. The topological polar surface area (TPSA) is 77.0 Å². The first kappa shape index (κ1) is 24.3. The van der Waals surface area contributed by atoms with Crippen molar-refractivity contribution in [2.75, 3.05) is 0 Å². The number of carbonyl (C=O) groups is 2. The van der Waals surface area contributed by atoms with E-state index in [-0.39, 0.29) is 0 Å². The molecule has 0 aromatic heterocycles. The number of hydrogen-bond acceptors (Lipinski definition) is 5. The number of ether oxygens (including phenoxy) is 2. The quantitative estimate of drug-likeness (QED) is 0.138. The number of hydrogen-bond donors (Lipinski definition) is 1. The predicted molar refractivity (Wildman–Crippen MR) is 138 cm³/mol. The van der Waals surface area contributed by atoms with Gasteiger partial charge in [0, 0.05) is 10.6 Å². The minimum Gasteiger partial charge on any atom is -0.479 e. The molecule has 176 valence electrons. The van der Waals surface area contributed by atoms with Gasteiger partial charge in [-0.2, -0.15) is 5.10 Å². The first-order valence-corrected chi connectivity index (χ1v) is 11.4. The van der Waals surface area contributed by atoms with Gasteiger partial charge in [0.2, 0.25) is 0 Å². The molecule has 0 saturated heterocycles. The molecule has 0 aliphatic heterocycles. The van der Waals surface area contributed by atoms with Crippen molar-refractivity contribution in [2.45, 2.75) is 13.0 Å². The Kier molecular flexibility index (Phi) is 7.65. The molecule has 35 heavy (non-hydrogen) atoms. The number of esters is 1. The summed E-state index contributed by atoms with van der Waals surface area (Å²) >= 11 is 12.0. The summed E-state index contributed by atoms with van der Waals surface area (Å²) in [5.41, 5.74) is 3.42. The van der Waals surface area contributed by atoms with Gasteiger partial charge >= 0.3 is 5.97 Å². The molecule has 4 aromatic rings. The molecule has 4 aromatic carbocycles. The van der Waals surface area contributed by atoms with Crippen molar-refractivity contribution < 1.29 is 19.1 Å². The Morgan fingerprint density at radius 2 is 1.63 bits per heavy atom. The third-order valence-corrected chi connectivity index (χ3v) is 5.61. The van der Waals surface area contributed by atoms with E-state index in [0.29, 0.717) is 32.7 Å². The summed E-state index contributed by atoms with van der Waals surface area (Å²) in [4.78, 5) is 25.1. The van der Waals surface area contributed by atoms with E-state index in [9.17, 15) is 9.59 Å². The van der Waals surface area contributed by atoms with Gasteiger partial charge in [-0.15, -0.1) is 0 Å². The lowest BCUT2D eigenvalue weighted by Gasteiger charge is -2.14. The highest BCUT2D eigenvalue weighted by atomic mass is 35.5. The maximum Gasteiger partial charge on any atom is 0.343 e. The zero-order valence-electron chi connectivity index (χ0n) is 18.6. The van der Waals surface area contributed by atoms with Gasteiger partial charge < -0.3 is 9.47 Å². The van der Waals surface area contributed by atoms with Crippen LogP contribution >= 0.6 is 23.2 Å². The van der Waals surface area contributed by atoms with E-state index >= 15 is 0 Å². The summed E-state index contributed by atoms with van der Waals surface area (Å²) in [6, 6.07) is 24.5. The van der Waals surface area contributed by atoms with Crippen molar-refractivity contribution >= 4 is 52.1 Å². The van der Waals surface area contributed by atoms with Crippen LogP contribution < -0.4 is 14.9 Å². The average Bonchev–Trinajstić information content (AvgIpc) is 2.87. The van der Waals surface area contributed by atoms with Crippen LogP contribution in [0.1, 0.15) is 22.8 Å². The van der Waals surface area contributed by atoms with Crippen LogP contribution in [0.2, 0.25) is 10.0 Å². The van der Waals surface area contributed by atoms with E-state index in [2.05, 4.69) is 10.5 Å². The van der Waals surface area contributed by atoms with Crippen LogP contribution in [0, 0.1) is 0 Å². The number of nitrogens with one attached hydrogen (secondary N) is 1. The molecule has 0 bridgehead atoms. The van der Waals surface area contributed by atoms with Gasteiger partial charge in [-0.05, 0) is 54.1 Å². The third kappa shape index (κ3) is 5.98. The number of hydrazone groups is 1. The minimum atomic E-state index is -0.881. The third-order valence-electron chi connectivity index (χ3n) is 5.08. The Morgan fingerprint density at radius 1 is 0.914 bits per heavy atom. The normalized spacial score (nSPS) is 11.9. The summed E-state index contributed by atoms with van der Waals surface area (Å²) in [6.45, 7) is 1.57.